The molecule has 1 aromatic heterocycles. The third-order valence-electron chi connectivity index (χ3n) is 3.24. The van der Waals surface area contributed by atoms with Gasteiger partial charge in [0.1, 0.15) is 5.82 Å². The highest BCUT2D eigenvalue weighted by Gasteiger charge is 2.23. The standard InChI is InChI=1S/C13H17N3.2ClH/c14-8-7-13-15-11-3-1-2-4-12(11)16(13)9-10-5-6-10;;/h1-4,10H,5-9,14H2;2*1H. The Bertz CT molecular complexity index is 506. The monoisotopic (exact) mass is 287 g/mol. The first kappa shape index (κ1) is 15.3. The van der Waals surface area contributed by atoms with E-state index in [2.05, 4.69) is 27.8 Å². The van der Waals surface area contributed by atoms with Crippen molar-refractivity contribution in [3.63, 3.8) is 0 Å². The van der Waals surface area contributed by atoms with Crippen LogP contribution in [0.1, 0.15) is 18.7 Å². The summed E-state index contributed by atoms with van der Waals surface area (Å²) in [4.78, 5) is 4.67. The molecule has 1 fully saturated rings. The van der Waals surface area contributed by atoms with Crippen molar-refractivity contribution in [3.8, 4) is 0 Å². The van der Waals surface area contributed by atoms with Crippen LogP contribution in [0.5, 0.6) is 0 Å². The van der Waals surface area contributed by atoms with Gasteiger partial charge in [-0.1, -0.05) is 12.1 Å². The van der Waals surface area contributed by atoms with E-state index in [1.54, 1.807) is 0 Å². The van der Waals surface area contributed by atoms with Crippen LogP contribution < -0.4 is 5.73 Å². The van der Waals surface area contributed by atoms with Crippen LogP contribution in [0.3, 0.4) is 0 Å². The fraction of sp³-hybridized carbons (Fsp3) is 0.462. The second kappa shape index (κ2) is 6.41. The number of hydrogen-bond acceptors (Lipinski definition) is 2. The Hall–Kier alpha value is -0.770. The summed E-state index contributed by atoms with van der Waals surface area (Å²) in [6.45, 7) is 1.80. The normalized spacial score (nSPS) is 14.1. The zero-order valence-corrected chi connectivity index (χ0v) is 11.8. The first-order valence-corrected chi connectivity index (χ1v) is 6.02. The molecule has 0 bridgehead atoms. The van der Waals surface area contributed by atoms with Crippen molar-refractivity contribution in [2.75, 3.05) is 6.54 Å². The van der Waals surface area contributed by atoms with E-state index < -0.39 is 0 Å². The summed E-state index contributed by atoms with van der Waals surface area (Å²) in [5.41, 5.74) is 8.01. The van der Waals surface area contributed by atoms with E-state index in [1.807, 2.05) is 6.07 Å². The lowest BCUT2D eigenvalue weighted by Crippen LogP contribution is -2.11. The molecular weight excluding hydrogens is 269 g/mol. The van der Waals surface area contributed by atoms with Gasteiger partial charge < -0.3 is 10.3 Å². The van der Waals surface area contributed by atoms with E-state index in [0.717, 1.165) is 30.2 Å². The highest BCUT2D eigenvalue weighted by Crippen LogP contribution is 2.32. The molecule has 1 aliphatic rings. The molecule has 2 N–H and O–H groups in total. The highest BCUT2D eigenvalue weighted by molar-refractivity contribution is 5.85. The van der Waals surface area contributed by atoms with Crippen LogP contribution in [0.15, 0.2) is 24.3 Å². The third-order valence-corrected chi connectivity index (χ3v) is 3.24. The lowest BCUT2D eigenvalue weighted by atomic mass is 10.3. The van der Waals surface area contributed by atoms with Crippen molar-refractivity contribution in [3.05, 3.63) is 30.1 Å². The molecule has 0 saturated heterocycles. The molecule has 1 aromatic carbocycles. The number of benzene rings is 1. The van der Waals surface area contributed by atoms with Gasteiger partial charge in [0.2, 0.25) is 0 Å². The van der Waals surface area contributed by atoms with Crippen LogP contribution >= 0.6 is 24.8 Å². The van der Waals surface area contributed by atoms with Gasteiger partial charge in [-0.05, 0) is 37.4 Å². The fourth-order valence-corrected chi connectivity index (χ4v) is 2.21. The quantitative estimate of drug-likeness (QED) is 0.940. The number of para-hydroxylation sites is 2. The van der Waals surface area contributed by atoms with Crippen LogP contribution in [0.4, 0.5) is 0 Å². The van der Waals surface area contributed by atoms with E-state index in [0.29, 0.717) is 6.54 Å². The molecule has 0 unspecified atom stereocenters. The zero-order chi connectivity index (χ0) is 11.0. The summed E-state index contributed by atoms with van der Waals surface area (Å²) in [6.07, 6.45) is 3.62. The maximum absolute atomic E-state index is 5.64. The van der Waals surface area contributed by atoms with E-state index in [4.69, 9.17) is 5.73 Å². The van der Waals surface area contributed by atoms with E-state index >= 15 is 0 Å². The molecule has 0 aliphatic heterocycles. The molecular formula is C13H19Cl2N3. The number of aromatic nitrogens is 2. The lowest BCUT2D eigenvalue weighted by Gasteiger charge is -2.07. The second-order valence-electron chi connectivity index (χ2n) is 4.61. The highest BCUT2D eigenvalue weighted by atomic mass is 35.5. The predicted molar refractivity (Wildman–Crippen MR) is 79.7 cm³/mol. The molecule has 0 radical (unpaired) electrons. The Morgan fingerprint density at radius 3 is 2.61 bits per heavy atom. The minimum atomic E-state index is 0. The first-order valence-electron chi connectivity index (χ1n) is 6.02. The number of nitrogens with zero attached hydrogens (tertiary/aromatic N) is 2. The van der Waals surface area contributed by atoms with Gasteiger partial charge in [-0.2, -0.15) is 0 Å². The molecule has 0 amide bonds. The topological polar surface area (TPSA) is 43.8 Å². The van der Waals surface area contributed by atoms with Gasteiger partial charge in [-0.25, -0.2) is 4.98 Å². The average Bonchev–Trinajstić information content (AvgIpc) is 3.04. The molecule has 0 spiro atoms. The third kappa shape index (κ3) is 2.97. The predicted octanol–water partition coefficient (Wildman–Crippen LogP) is 2.79. The largest absolute Gasteiger partial charge is 0.330 e. The summed E-state index contributed by atoms with van der Waals surface area (Å²) < 4.78 is 2.36. The van der Waals surface area contributed by atoms with E-state index in [9.17, 15) is 0 Å². The number of hydrogen-bond donors (Lipinski definition) is 1. The molecule has 0 atom stereocenters. The SMILES string of the molecule is Cl.Cl.NCCc1nc2ccccc2n1CC1CC1. The maximum atomic E-state index is 5.64. The number of halogens is 2. The summed E-state index contributed by atoms with van der Waals surface area (Å²) in [5, 5.41) is 0. The first-order chi connectivity index (χ1) is 7.88. The van der Waals surface area contributed by atoms with Crippen LogP contribution in [0.2, 0.25) is 0 Å². The second-order valence-corrected chi connectivity index (χ2v) is 4.61. The van der Waals surface area contributed by atoms with Crippen LogP contribution in [-0.2, 0) is 13.0 Å². The fourth-order valence-electron chi connectivity index (χ4n) is 2.21. The van der Waals surface area contributed by atoms with Crippen molar-refractivity contribution < 1.29 is 0 Å². The lowest BCUT2D eigenvalue weighted by molar-refractivity contribution is 0.609. The Kier molecular flexibility index (Phi) is 5.45. The minimum Gasteiger partial charge on any atom is -0.330 e. The van der Waals surface area contributed by atoms with E-state index in [1.165, 1.54) is 18.4 Å². The van der Waals surface area contributed by atoms with Crippen molar-refractivity contribution in [1.29, 1.82) is 0 Å². The molecule has 5 heteroatoms. The summed E-state index contributed by atoms with van der Waals surface area (Å²) in [5.74, 6) is 2.02. The molecule has 1 heterocycles. The summed E-state index contributed by atoms with van der Waals surface area (Å²) in [6, 6.07) is 8.37. The van der Waals surface area contributed by atoms with Gasteiger partial charge in [0.05, 0.1) is 11.0 Å². The molecule has 3 nitrogen and oxygen atoms in total. The van der Waals surface area contributed by atoms with Gasteiger partial charge in [0.25, 0.3) is 0 Å². The van der Waals surface area contributed by atoms with Gasteiger partial charge in [0.15, 0.2) is 0 Å². The van der Waals surface area contributed by atoms with Crippen LogP contribution in [0, 0.1) is 5.92 Å². The maximum Gasteiger partial charge on any atom is 0.111 e. The van der Waals surface area contributed by atoms with E-state index in [-0.39, 0.29) is 24.8 Å². The van der Waals surface area contributed by atoms with Crippen molar-refractivity contribution in [2.24, 2.45) is 11.7 Å². The van der Waals surface area contributed by atoms with Gasteiger partial charge >= 0.3 is 0 Å². The summed E-state index contributed by atoms with van der Waals surface area (Å²) >= 11 is 0. The summed E-state index contributed by atoms with van der Waals surface area (Å²) in [7, 11) is 0. The van der Waals surface area contributed by atoms with Gasteiger partial charge in [0, 0.05) is 13.0 Å². The van der Waals surface area contributed by atoms with Crippen LogP contribution in [-0.4, -0.2) is 16.1 Å². The molecule has 2 aromatic rings. The van der Waals surface area contributed by atoms with Gasteiger partial charge in [-0.3, -0.25) is 0 Å². The zero-order valence-electron chi connectivity index (χ0n) is 10.2. The van der Waals surface area contributed by atoms with Crippen molar-refractivity contribution in [1.82, 2.24) is 9.55 Å². The number of imidazole rings is 1. The molecule has 3 rings (SSSR count). The molecule has 1 aliphatic carbocycles. The minimum absolute atomic E-state index is 0. The van der Waals surface area contributed by atoms with Crippen molar-refractivity contribution in [2.45, 2.75) is 25.8 Å². The molecule has 1 saturated carbocycles. The molecule has 100 valence electrons. The smallest absolute Gasteiger partial charge is 0.111 e. The van der Waals surface area contributed by atoms with Crippen molar-refractivity contribution >= 4 is 35.8 Å². The Morgan fingerprint density at radius 1 is 1.22 bits per heavy atom. The number of nitrogens with two attached hydrogens (primary N) is 1. The number of fused-ring (bicyclic) bond motifs is 1. The Balaban J connectivity index is 0.000000810. The van der Waals surface area contributed by atoms with Gasteiger partial charge in [-0.15, -0.1) is 24.8 Å². The average molecular weight is 288 g/mol. The van der Waals surface area contributed by atoms with Crippen LogP contribution in [0.25, 0.3) is 11.0 Å². The Morgan fingerprint density at radius 2 is 1.94 bits per heavy atom. The Labute approximate surface area is 120 Å². The molecule has 18 heavy (non-hydrogen) atoms. The number of rotatable bonds is 4.